The predicted octanol–water partition coefficient (Wildman–Crippen LogP) is 4.12. The number of fused-ring (bicyclic) bond motifs is 2. The van der Waals surface area contributed by atoms with Gasteiger partial charge >= 0.3 is 0 Å². The van der Waals surface area contributed by atoms with E-state index in [2.05, 4.69) is 4.98 Å². The van der Waals surface area contributed by atoms with E-state index in [0.717, 1.165) is 47.4 Å². The minimum absolute atomic E-state index is 0.0140. The summed E-state index contributed by atoms with van der Waals surface area (Å²) in [5, 5.41) is 1.34. The molecule has 0 unspecified atom stereocenters. The topological polar surface area (TPSA) is 69.9 Å². The van der Waals surface area contributed by atoms with Crippen LogP contribution in [0.1, 0.15) is 24.2 Å². The molecule has 0 radical (unpaired) electrons. The van der Waals surface area contributed by atoms with E-state index in [4.69, 9.17) is 14.7 Å². The molecule has 0 spiro atoms. The molecular weight excluding hydrogens is 396 g/mol. The predicted molar refractivity (Wildman–Crippen MR) is 119 cm³/mol. The summed E-state index contributed by atoms with van der Waals surface area (Å²) in [5.74, 6) is 0.597. The van der Waals surface area contributed by atoms with Gasteiger partial charge in [-0.3, -0.25) is 9.36 Å². The zero-order chi connectivity index (χ0) is 20.5. The van der Waals surface area contributed by atoms with Crippen molar-refractivity contribution < 1.29 is 4.74 Å². The molecule has 2 aromatic carbocycles. The monoisotopic (exact) mass is 418 g/mol. The van der Waals surface area contributed by atoms with E-state index < -0.39 is 0 Å². The van der Waals surface area contributed by atoms with Gasteiger partial charge in [-0.05, 0) is 44.0 Å². The van der Waals surface area contributed by atoms with E-state index in [1.54, 1.807) is 4.57 Å². The highest BCUT2D eigenvalue weighted by atomic mass is 32.2. The molecule has 6 nitrogen and oxygen atoms in total. The fourth-order valence-corrected chi connectivity index (χ4v) is 4.82. The molecule has 152 valence electrons. The zero-order valence-corrected chi connectivity index (χ0v) is 17.6. The van der Waals surface area contributed by atoms with Crippen LogP contribution in [0, 0.1) is 6.92 Å². The van der Waals surface area contributed by atoms with Crippen molar-refractivity contribution in [3.05, 3.63) is 70.3 Å². The van der Waals surface area contributed by atoms with Crippen LogP contribution in [0.3, 0.4) is 0 Å². The molecule has 0 aliphatic carbocycles. The van der Waals surface area contributed by atoms with E-state index in [0.29, 0.717) is 22.8 Å². The maximum Gasteiger partial charge on any atom is 0.262 e. The van der Waals surface area contributed by atoms with E-state index in [-0.39, 0.29) is 11.7 Å². The summed E-state index contributed by atoms with van der Waals surface area (Å²) < 4.78 is 7.56. The molecule has 1 aliphatic rings. The van der Waals surface area contributed by atoms with Gasteiger partial charge in [0.15, 0.2) is 5.16 Å². The Morgan fingerprint density at radius 1 is 1.03 bits per heavy atom. The van der Waals surface area contributed by atoms with E-state index in [9.17, 15) is 4.79 Å². The van der Waals surface area contributed by atoms with Crippen molar-refractivity contribution >= 4 is 33.7 Å². The Morgan fingerprint density at radius 3 is 2.53 bits per heavy atom. The Kier molecular flexibility index (Phi) is 5.23. The second-order valence-electron chi connectivity index (χ2n) is 7.50. The molecule has 0 saturated carbocycles. The second-order valence-corrected chi connectivity index (χ2v) is 8.44. The van der Waals surface area contributed by atoms with Crippen molar-refractivity contribution in [1.82, 2.24) is 19.5 Å². The Labute approximate surface area is 178 Å². The molecule has 4 aromatic rings. The Hall–Kier alpha value is -2.77. The van der Waals surface area contributed by atoms with Crippen molar-refractivity contribution in [3.8, 4) is 0 Å². The molecule has 7 heteroatoms. The number of ether oxygens (including phenoxy) is 1. The highest BCUT2D eigenvalue weighted by molar-refractivity contribution is 7.98. The number of aromatic nitrogens is 4. The molecule has 0 N–H and O–H groups in total. The normalized spacial score (nSPS) is 16.5. The SMILES string of the molecule is Cc1nc2ccccc2nc1CSc1nc2ccccc2c(=O)n1C[C@H]1CCCO1. The van der Waals surface area contributed by atoms with Gasteiger partial charge in [0.1, 0.15) is 0 Å². The van der Waals surface area contributed by atoms with Crippen LogP contribution in [0.5, 0.6) is 0 Å². The van der Waals surface area contributed by atoms with Crippen LogP contribution in [-0.2, 0) is 17.0 Å². The third-order valence-corrected chi connectivity index (χ3v) is 6.41. The first-order valence-electron chi connectivity index (χ1n) is 10.2. The zero-order valence-electron chi connectivity index (χ0n) is 16.7. The number of aryl methyl sites for hydroxylation is 1. The third kappa shape index (κ3) is 3.70. The lowest BCUT2D eigenvalue weighted by Gasteiger charge is -2.16. The van der Waals surface area contributed by atoms with Crippen LogP contribution in [0.25, 0.3) is 21.9 Å². The van der Waals surface area contributed by atoms with Crippen molar-refractivity contribution in [2.45, 2.75) is 43.3 Å². The van der Waals surface area contributed by atoms with Gasteiger partial charge in [0.2, 0.25) is 0 Å². The van der Waals surface area contributed by atoms with Gasteiger partial charge in [-0.2, -0.15) is 0 Å². The molecule has 1 aliphatic heterocycles. The fourth-order valence-electron chi connectivity index (χ4n) is 3.81. The van der Waals surface area contributed by atoms with Crippen LogP contribution < -0.4 is 5.56 Å². The third-order valence-electron chi connectivity index (χ3n) is 5.42. The van der Waals surface area contributed by atoms with Gasteiger partial charge < -0.3 is 4.74 Å². The Bertz CT molecular complexity index is 1280. The highest BCUT2D eigenvalue weighted by Crippen LogP contribution is 2.25. The van der Waals surface area contributed by atoms with Gasteiger partial charge in [0, 0.05) is 12.4 Å². The Balaban J connectivity index is 1.51. The Morgan fingerprint density at radius 2 is 1.77 bits per heavy atom. The summed E-state index contributed by atoms with van der Waals surface area (Å²) in [6.45, 7) is 3.26. The summed E-state index contributed by atoms with van der Waals surface area (Å²) in [7, 11) is 0. The molecule has 1 atom stereocenters. The summed E-state index contributed by atoms with van der Waals surface area (Å²) in [6, 6.07) is 15.4. The average molecular weight is 419 g/mol. The summed E-state index contributed by atoms with van der Waals surface area (Å²) >= 11 is 1.53. The second kappa shape index (κ2) is 8.16. The highest BCUT2D eigenvalue weighted by Gasteiger charge is 2.20. The molecule has 5 rings (SSSR count). The molecule has 2 aromatic heterocycles. The van der Waals surface area contributed by atoms with Crippen molar-refractivity contribution in [2.24, 2.45) is 0 Å². The van der Waals surface area contributed by atoms with Gasteiger partial charge in [-0.15, -0.1) is 0 Å². The minimum Gasteiger partial charge on any atom is -0.376 e. The van der Waals surface area contributed by atoms with Crippen molar-refractivity contribution in [2.75, 3.05) is 6.61 Å². The molecule has 30 heavy (non-hydrogen) atoms. The van der Waals surface area contributed by atoms with E-state index in [1.165, 1.54) is 11.8 Å². The average Bonchev–Trinajstić information content (AvgIpc) is 3.28. The maximum absolute atomic E-state index is 13.2. The number of benzene rings is 2. The van der Waals surface area contributed by atoms with Crippen LogP contribution in [0.15, 0.2) is 58.5 Å². The van der Waals surface area contributed by atoms with Gasteiger partial charge in [-0.25, -0.2) is 15.0 Å². The summed E-state index contributed by atoms with van der Waals surface area (Å²) in [4.78, 5) is 27.5. The van der Waals surface area contributed by atoms with E-state index in [1.807, 2.05) is 55.5 Å². The first-order valence-corrected chi connectivity index (χ1v) is 11.1. The number of para-hydroxylation sites is 3. The van der Waals surface area contributed by atoms with Gasteiger partial charge in [0.05, 0.1) is 46.0 Å². The number of thioether (sulfide) groups is 1. The van der Waals surface area contributed by atoms with E-state index >= 15 is 0 Å². The first-order chi connectivity index (χ1) is 14.7. The number of rotatable bonds is 5. The molecule has 0 bridgehead atoms. The van der Waals surface area contributed by atoms with Crippen molar-refractivity contribution in [1.29, 1.82) is 0 Å². The van der Waals surface area contributed by atoms with Gasteiger partial charge in [-0.1, -0.05) is 36.0 Å². The summed E-state index contributed by atoms with van der Waals surface area (Å²) in [5.41, 5.74) is 4.28. The lowest BCUT2D eigenvalue weighted by atomic mass is 10.2. The van der Waals surface area contributed by atoms with Crippen LogP contribution in [-0.4, -0.2) is 32.2 Å². The van der Waals surface area contributed by atoms with Crippen LogP contribution >= 0.6 is 11.8 Å². The lowest BCUT2D eigenvalue weighted by molar-refractivity contribution is 0.0937. The van der Waals surface area contributed by atoms with Crippen molar-refractivity contribution in [3.63, 3.8) is 0 Å². The molecule has 1 saturated heterocycles. The largest absolute Gasteiger partial charge is 0.376 e. The summed E-state index contributed by atoms with van der Waals surface area (Å²) in [6.07, 6.45) is 2.07. The molecule has 1 fully saturated rings. The van der Waals surface area contributed by atoms with Crippen LogP contribution in [0.4, 0.5) is 0 Å². The maximum atomic E-state index is 13.2. The number of hydrogen-bond donors (Lipinski definition) is 0. The number of hydrogen-bond acceptors (Lipinski definition) is 6. The number of nitrogens with zero attached hydrogens (tertiary/aromatic N) is 4. The molecule has 3 heterocycles. The lowest BCUT2D eigenvalue weighted by Crippen LogP contribution is -2.28. The molecule has 0 amide bonds. The first kappa shape index (κ1) is 19.2. The molecular formula is C23H22N4O2S. The quantitative estimate of drug-likeness (QED) is 0.359. The smallest absolute Gasteiger partial charge is 0.262 e. The van der Waals surface area contributed by atoms with Gasteiger partial charge in [0.25, 0.3) is 5.56 Å². The minimum atomic E-state index is -0.0140. The standard InChI is InChI=1S/C23H22N4O2S/c1-15-21(25-20-11-5-4-10-19(20)24-15)14-30-23-26-18-9-3-2-8-17(18)22(28)27(23)13-16-7-6-12-29-16/h2-5,8-11,16H,6-7,12-14H2,1H3/t16-/m1/s1. The fraction of sp³-hybridized carbons (Fsp3) is 0.304. The van der Waals surface area contributed by atoms with Crippen LogP contribution in [0.2, 0.25) is 0 Å².